The number of hydrogen-bond donors (Lipinski definition) is 1. The highest BCUT2D eigenvalue weighted by Gasteiger charge is 2.35. The monoisotopic (exact) mass is 611 g/mol. The van der Waals surface area contributed by atoms with Gasteiger partial charge in [0.2, 0.25) is 11.9 Å². The number of nitrogens with one attached hydrogen (secondary N) is 1. The average molecular weight is 612 g/mol. The van der Waals surface area contributed by atoms with Crippen LogP contribution in [0.5, 0.6) is 0 Å². The summed E-state index contributed by atoms with van der Waals surface area (Å²) in [5, 5.41) is 3.41. The normalized spacial score (nSPS) is 23.1. The molecule has 2 aromatic rings. The van der Waals surface area contributed by atoms with Gasteiger partial charge in [0.05, 0.1) is 36.1 Å². The highest BCUT2D eigenvalue weighted by atomic mass is 19.4. The number of likely N-dealkylation sites (N-methyl/N-ethyl adjacent to an activating group) is 2. The molecule has 3 heterocycles. The number of aromatic nitrogens is 2. The number of guanidine groups is 1. The van der Waals surface area contributed by atoms with Crippen LogP contribution in [0.3, 0.4) is 0 Å². The van der Waals surface area contributed by atoms with E-state index in [1.165, 1.54) is 12.2 Å². The van der Waals surface area contributed by atoms with E-state index in [0.717, 1.165) is 34.2 Å². The minimum absolute atomic E-state index is 0.0158. The Kier molecular flexibility index (Phi) is 8.92. The van der Waals surface area contributed by atoms with Crippen LogP contribution < -0.4 is 5.32 Å². The zero-order chi connectivity index (χ0) is 31.6. The molecule has 12 heteroatoms. The van der Waals surface area contributed by atoms with Gasteiger partial charge in [-0.15, -0.1) is 0 Å². The smallest absolute Gasteiger partial charge is 0.348 e. The summed E-state index contributed by atoms with van der Waals surface area (Å²) >= 11 is 0. The fourth-order valence-electron chi connectivity index (χ4n) is 5.44. The van der Waals surface area contributed by atoms with Gasteiger partial charge in [-0.2, -0.15) is 13.2 Å². The summed E-state index contributed by atoms with van der Waals surface area (Å²) in [4.78, 5) is 29.7. The van der Waals surface area contributed by atoms with Gasteiger partial charge >= 0.3 is 6.18 Å². The number of carbonyl (C=O) groups is 1. The Hall–Kier alpha value is -4.06. The third kappa shape index (κ3) is 7.18. The second kappa shape index (κ2) is 12.5. The summed E-state index contributed by atoms with van der Waals surface area (Å²) in [5.41, 5.74) is 3.10. The van der Waals surface area contributed by atoms with Crippen LogP contribution in [0, 0.1) is 5.41 Å². The van der Waals surface area contributed by atoms with Gasteiger partial charge < -0.3 is 14.6 Å². The molecule has 2 aliphatic carbocycles. The lowest BCUT2D eigenvalue weighted by Gasteiger charge is -2.28. The van der Waals surface area contributed by atoms with Crippen LogP contribution >= 0.6 is 0 Å². The quantitative estimate of drug-likeness (QED) is 0.383. The molecule has 1 amide bonds. The predicted molar refractivity (Wildman–Crippen MR) is 164 cm³/mol. The zero-order valence-corrected chi connectivity index (χ0v) is 25.3. The van der Waals surface area contributed by atoms with Crippen molar-refractivity contribution < 1.29 is 22.4 Å². The lowest BCUT2D eigenvalue weighted by molar-refractivity contribution is -0.129. The van der Waals surface area contributed by atoms with E-state index in [1.807, 2.05) is 41.6 Å². The summed E-state index contributed by atoms with van der Waals surface area (Å²) in [6, 6.07) is 3.75. The molecule has 0 saturated heterocycles. The molecule has 0 spiro atoms. The summed E-state index contributed by atoms with van der Waals surface area (Å²) in [5.74, 6) is 0.244. The molecular formula is C32H37F4N7O. The Labute approximate surface area is 254 Å². The molecule has 5 rings (SSSR count). The number of amides is 1. The van der Waals surface area contributed by atoms with E-state index in [0.29, 0.717) is 31.8 Å². The third-order valence-corrected chi connectivity index (χ3v) is 8.05. The SMILES string of the molecule is CN(CC(=O)N(C)C)Cc1ccn2c(C3CC=NC(=NCC4(C)C=CC(C(F)(F)F)=CC4)N3)c(C3=CC=C(F)CC3)nc2c1. The molecule has 44 heavy (non-hydrogen) atoms. The van der Waals surface area contributed by atoms with E-state index in [9.17, 15) is 22.4 Å². The second-order valence-electron chi connectivity index (χ2n) is 12.1. The molecule has 2 aromatic heterocycles. The number of alkyl halides is 3. The van der Waals surface area contributed by atoms with Crippen LogP contribution in [0.4, 0.5) is 17.6 Å². The predicted octanol–water partition coefficient (Wildman–Crippen LogP) is 5.80. The van der Waals surface area contributed by atoms with Crippen molar-refractivity contribution in [3.63, 3.8) is 0 Å². The summed E-state index contributed by atoms with van der Waals surface area (Å²) in [6.45, 7) is 2.98. The van der Waals surface area contributed by atoms with Gasteiger partial charge in [0, 0.05) is 51.3 Å². The molecule has 0 aromatic carbocycles. The molecule has 0 bridgehead atoms. The molecule has 0 saturated carbocycles. The molecule has 1 N–H and O–H groups in total. The van der Waals surface area contributed by atoms with Crippen molar-refractivity contribution in [2.75, 3.05) is 34.2 Å². The van der Waals surface area contributed by atoms with Crippen molar-refractivity contribution >= 4 is 29.3 Å². The van der Waals surface area contributed by atoms with Gasteiger partial charge in [-0.1, -0.05) is 31.2 Å². The number of nitrogens with zero attached hydrogens (tertiary/aromatic N) is 6. The van der Waals surface area contributed by atoms with Crippen LogP contribution in [-0.4, -0.2) is 77.7 Å². The van der Waals surface area contributed by atoms with Gasteiger partial charge in [0.1, 0.15) is 11.5 Å². The number of carbonyl (C=O) groups excluding carboxylic acids is 1. The van der Waals surface area contributed by atoms with Gasteiger partial charge in [0.25, 0.3) is 0 Å². The maximum Gasteiger partial charge on any atom is 0.416 e. The first-order valence-electron chi connectivity index (χ1n) is 14.6. The molecular weight excluding hydrogens is 574 g/mol. The number of allylic oxidation sites excluding steroid dienone is 7. The topological polar surface area (TPSA) is 77.6 Å². The minimum Gasteiger partial charge on any atom is -0.348 e. The Balaban J connectivity index is 1.41. The Morgan fingerprint density at radius 1 is 1.23 bits per heavy atom. The first-order valence-corrected chi connectivity index (χ1v) is 14.6. The molecule has 2 atom stereocenters. The maximum absolute atomic E-state index is 13.9. The largest absolute Gasteiger partial charge is 0.416 e. The number of aliphatic imine (C=N–C) groups is 2. The van der Waals surface area contributed by atoms with Gasteiger partial charge in [-0.25, -0.2) is 14.4 Å². The van der Waals surface area contributed by atoms with E-state index < -0.39 is 17.2 Å². The summed E-state index contributed by atoms with van der Waals surface area (Å²) in [6.07, 6.45) is 8.13. The number of pyridine rings is 1. The van der Waals surface area contributed by atoms with Crippen molar-refractivity contribution in [2.45, 2.75) is 51.4 Å². The minimum atomic E-state index is -4.37. The maximum atomic E-state index is 13.9. The Morgan fingerprint density at radius 3 is 2.68 bits per heavy atom. The molecule has 8 nitrogen and oxygen atoms in total. The molecule has 234 valence electrons. The standard InChI is InChI=1S/C32H37F4N7O/c1-31(13-9-23(10-14-31)32(34,35)36)20-38-30-37-15-11-25(39-30)29-28(22-5-7-24(33)8-6-22)40-26-17-21(12-16-43(26)29)18-42(4)19-27(44)41(2)3/h5,7,9-10,12-13,15-17,25H,6,8,11,14,18-20H2,1-4H3,(H,38,39). The van der Waals surface area contributed by atoms with Crippen molar-refractivity contribution in [1.82, 2.24) is 24.5 Å². The van der Waals surface area contributed by atoms with Gasteiger partial charge in [-0.05, 0) is 49.2 Å². The summed E-state index contributed by atoms with van der Waals surface area (Å²) in [7, 11) is 5.35. The summed E-state index contributed by atoms with van der Waals surface area (Å²) < 4.78 is 55.1. The van der Waals surface area contributed by atoms with Crippen molar-refractivity contribution in [1.29, 1.82) is 0 Å². The zero-order valence-electron chi connectivity index (χ0n) is 25.3. The van der Waals surface area contributed by atoms with Gasteiger partial charge in [-0.3, -0.25) is 14.7 Å². The first kappa shape index (κ1) is 31.4. The lowest BCUT2D eigenvalue weighted by Crippen LogP contribution is -2.34. The fraction of sp³-hybridized carbons (Fsp3) is 0.438. The van der Waals surface area contributed by atoms with Crippen LogP contribution in [0.2, 0.25) is 0 Å². The lowest BCUT2D eigenvalue weighted by atomic mass is 9.82. The van der Waals surface area contributed by atoms with Crippen molar-refractivity contribution in [2.24, 2.45) is 15.4 Å². The van der Waals surface area contributed by atoms with Crippen molar-refractivity contribution in [3.8, 4) is 0 Å². The van der Waals surface area contributed by atoms with E-state index in [-0.39, 0.29) is 37.3 Å². The molecule has 0 fully saturated rings. The second-order valence-corrected chi connectivity index (χ2v) is 12.1. The van der Waals surface area contributed by atoms with E-state index >= 15 is 0 Å². The van der Waals surface area contributed by atoms with Gasteiger partial charge in [0.15, 0.2) is 0 Å². The van der Waals surface area contributed by atoms with Crippen LogP contribution in [0.25, 0.3) is 11.2 Å². The van der Waals surface area contributed by atoms with Crippen LogP contribution in [-0.2, 0) is 11.3 Å². The number of hydrogen-bond acceptors (Lipinski definition) is 4. The van der Waals surface area contributed by atoms with E-state index in [4.69, 9.17) is 4.98 Å². The first-order chi connectivity index (χ1) is 20.8. The van der Waals surface area contributed by atoms with E-state index in [2.05, 4.69) is 15.3 Å². The highest BCUT2D eigenvalue weighted by molar-refractivity contribution is 5.91. The number of halogens is 4. The van der Waals surface area contributed by atoms with Crippen molar-refractivity contribution in [3.05, 3.63) is 77.1 Å². The molecule has 2 unspecified atom stereocenters. The highest BCUT2D eigenvalue weighted by Crippen LogP contribution is 2.37. The van der Waals surface area contributed by atoms with Crippen LogP contribution in [0.15, 0.2) is 70.1 Å². The number of imidazole rings is 1. The Morgan fingerprint density at radius 2 is 2.02 bits per heavy atom. The average Bonchev–Trinajstić information content (AvgIpc) is 3.35. The number of rotatable bonds is 8. The number of fused-ring (bicyclic) bond motifs is 1. The molecule has 0 radical (unpaired) electrons. The molecule has 3 aliphatic rings. The third-order valence-electron chi connectivity index (χ3n) is 8.05. The Bertz CT molecular complexity index is 1610. The fourth-order valence-corrected chi connectivity index (χ4v) is 5.44. The van der Waals surface area contributed by atoms with Crippen LogP contribution in [0.1, 0.15) is 55.6 Å². The molecule has 1 aliphatic heterocycles. The van der Waals surface area contributed by atoms with E-state index in [1.54, 1.807) is 37.4 Å².